The van der Waals surface area contributed by atoms with E-state index in [0.29, 0.717) is 31.7 Å². The summed E-state index contributed by atoms with van der Waals surface area (Å²) in [6.07, 6.45) is 2.13. The predicted molar refractivity (Wildman–Crippen MR) is 39.4 cm³/mol. The quantitative estimate of drug-likeness (QED) is 0.614. The molecule has 3 N–H and O–H groups in total. The van der Waals surface area contributed by atoms with Gasteiger partial charge in [0.25, 0.3) is 6.47 Å². The molecule has 0 bridgehead atoms. The molecule has 1 rings (SSSR count). The summed E-state index contributed by atoms with van der Waals surface area (Å²) >= 11 is 0. The molecule has 1 saturated carbocycles. The van der Waals surface area contributed by atoms with Crippen LogP contribution in [0.15, 0.2) is 0 Å². The van der Waals surface area contributed by atoms with Gasteiger partial charge in [0.1, 0.15) is 5.78 Å². The molecule has 1 atom stereocenters. The molecule has 0 aromatic rings. The Morgan fingerprint density at radius 2 is 2.36 bits per heavy atom. The third kappa shape index (κ3) is 3.13. The van der Waals surface area contributed by atoms with Crippen molar-refractivity contribution in [3.05, 3.63) is 0 Å². The lowest BCUT2D eigenvalue weighted by Crippen LogP contribution is -2.04. The van der Waals surface area contributed by atoms with E-state index in [4.69, 9.17) is 0 Å². The van der Waals surface area contributed by atoms with E-state index < -0.39 is 0 Å². The molecule has 1 aliphatic rings. The summed E-state index contributed by atoms with van der Waals surface area (Å²) in [5, 5.41) is 0. The zero-order chi connectivity index (χ0) is 7.40. The van der Waals surface area contributed by atoms with Crippen LogP contribution in [0.3, 0.4) is 0 Å². The minimum absolute atomic E-state index is 0. The number of carbonyl (C=O) groups excluding carboxylic acids is 2. The number of rotatable bonds is 3. The standard InChI is InChI=1S/C7H10O3.H3N/c8-5-10-4-6-1-2-7(9)3-6;/h5-6H,1-4H2;1H3. The maximum atomic E-state index is 10.7. The number of ketones is 1. The van der Waals surface area contributed by atoms with Crippen LogP contribution in [0.2, 0.25) is 0 Å². The van der Waals surface area contributed by atoms with E-state index in [0.717, 1.165) is 6.42 Å². The van der Waals surface area contributed by atoms with E-state index in [1.54, 1.807) is 0 Å². The number of ether oxygens (including phenoxy) is 1. The predicted octanol–water partition coefficient (Wildman–Crippen LogP) is 0.691. The summed E-state index contributed by atoms with van der Waals surface area (Å²) in [7, 11) is 0. The molecule has 0 spiro atoms. The van der Waals surface area contributed by atoms with E-state index in [2.05, 4.69) is 4.74 Å². The summed E-state index contributed by atoms with van der Waals surface area (Å²) in [6.45, 7) is 0.845. The topological polar surface area (TPSA) is 78.4 Å². The Bertz CT molecular complexity index is 147. The van der Waals surface area contributed by atoms with Crippen LogP contribution in [-0.2, 0) is 14.3 Å². The van der Waals surface area contributed by atoms with Crippen molar-refractivity contribution in [1.29, 1.82) is 0 Å². The van der Waals surface area contributed by atoms with Crippen molar-refractivity contribution < 1.29 is 14.3 Å². The maximum Gasteiger partial charge on any atom is 0.293 e. The van der Waals surface area contributed by atoms with Crippen LogP contribution < -0.4 is 6.15 Å². The molecule has 0 amide bonds. The van der Waals surface area contributed by atoms with Gasteiger partial charge in [0.05, 0.1) is 6.61 Å². The molecule has 0 aromatic carbocycles. The van der Waals surface area contributed by atoms with Gasteiger partial charge in [-0.2, -0.15) is 0 Å². The fraction of sp³-hybridized carbons (Fsp3) is 0.714. The second kappa shape index (κ2) is 4.85. The third-order valence-electron chi connectivity index (χ3n) is 1.75. The van der Waals surface area contributed by atoms with Gasteiger partial charge in [-0.05, 0) is 6.42 Å². The summed E-state index contributed by atoms with van der Waals surface area (Å²) in [5.41, 5.74) is 0. The number of hydrogen-bond acceptors (Lipinski definition) is 4. The SMILES string of the molecule is N.O=COCC1CCC(=O)C1. The highest BCUT2D eigenvalue weighted by Gasteiger charge is 2.21. The fourth-order valence-corrected chi connectivity index (χ4v) is 1.21. The molecular formula is C7H13NO3. The zero-order valence-corrected chi connectivity index (χ0v) is 6.41. The Morgan fingerprint density at radius 3 is 2.82 bits per heavy atom. The molecule has 0 aromatic heterocycles. The Labute approximate surface area is 65.5 Å². The van der Waals surface area contributed by atoms with Gasteiger partial charge in [-0.15, -0.1) is 0 Å². The van der Waals surface area contributed by atoms with Crippen molar-refractivity contribution in [1.82, 2.24) is 6.15 Å². The highest BCUT2D eigenvalue weighted by molar-refractivity contribution is 5.80. The first-order chi connectivity index (χ1) is 4.83. The number of Topliss-reactive ketones (excluding diaryl/α,β-unsaturated/α-hetero) is 1. The molecule has 4 nitrogen and oxygen atoms in total. The molecule has 64 valence electrons. The lowest BCUT2D eigenvalue weighted by atomic mass is 10.1. The number of carbonyl (C=O) groups is 2. The highest BCUT2D eigenvalue weighted by atomic mass is 16.5. The van der Waals surface area contributed by atoms with Gasteiger partial charge in [-0.1, -0.05) is 0 Å². The Balaban J connectivity index is 0.000001000. The minimum atomic E-state index is 0. The Morgan fingerprint density at radius 1 is 1.64 bits per heavy atom. The van der Waals surface area contributed by atoms with Crippen molar-refractivity contribution in [2.24, 2.45) is 5.92 Å². The van der Waals surface area contributed by atoms with E-state index in [1.165, 1.54) is 0 Å². The van der Waals surface area contributed by atoms with Crippen LogP contribution >= 0.6 is 0 Å². The summed E-state index contributed by atoms with van der Waals surface area (Å²) in [4.78, 5) is 20.4. The fourth-order valence-electron chi connectivity index (χ4n) is 1.21. The molecule has 1 fully saturated rings. The van der Waals surface area contributed by atoms with Gasteiger partial charge >= 0.3 is 0 Å². The maximum absolute atomic E-state index is 10.7. The molecule has 11 heavy (non-hydrogen) atoms. The zero-order valence-electron chi connectivity index (χ0n) is 6.41. The van der Waals surface area contributed by atoms with E-state index in [1.807, 2.05) is 0 Å². The molecule has 4 heteroatoms. The van der Waals surface area contributed by atoms with Crippen molar-refractivity contribution in [3.63, 3.8) is 0 Å². The first-order valence-corrected chi connectivity index (χ1v) is 3.40. The van der Waals surface area contributed by atoms with Gasteiger partial charge in [0, 0.05) is 18.8 Å². The third-order valence-corrected chi connectivity index (χ3v) is 1.75. The average molecular weight is 159 g/mol. The van der Waals surface area contributed by atoms with Gasteiger partial charge in [-0.25, -0.2) is 0 Å². The normalized spacial score (nSPS) is 22.5. The molecule has 0 saturated heterocycles. The molecule has 0 aliphatic heterocycles. The summed E-state index contributed by atoms with van der Waals surface area (Å²) in [5.74, 6) is 0.581. The lowest BCUT2D eigenvalue weighted by molar-refractivity contribution is -0.130. The van der Waals surface area contributed by atoms with Crippen molar-refractivity contribution in [2.45, 2.75) is 19.3 Å². The highest BCUT2D eigenvalue weighted by Crippen LogP contribution is 2.21. The van der Waals surface area contributed by atoms with Crippen molar-refractivity contribution in [2.75, 3.05) is 6.61 Å². The first kappa shape index (κ1) is 10.1. The summed E-state index contributed by atoms with van der Waals surface area (Å²) < 4.78 is 4.53. The monoisotopic (exact) mass is 159 g/mol. The lowest BCUT2D eigenvalue weighted by Gasteiger charge is -2.03. The van der Waals surface area contributed by atoms with Crippen LogP contribution in [0, 0.1) is 5.92 Å². The molecule has 1 aliphatic carbocycles. The van der Waals surface area contributed by atoms with E-state index >= 15 is 0 Å². The Kier molecular flexibility index (Phi) is 4.45. The Hall–Kier alpha value is -0.900. The van der Waals surface area contributed by atoms with Crippen LogP contribution in [0.25, 0.3) is 0 Å². The van der Waals surface area contributed by atoms with Crippen molar-refractivity contribution in [3.8, 4) is 0 Å². The second-order valence-electron chi connectivity index (χ2n) is 2.58. The summed E-state index contributed by atoms with van der Waals surface area (Å²) in [6, 6.07) is 0. The van der Waals surface area contributed by atoms with E-state index in [-0.39, 0.29) is 12.1 Å². The smallest absolute Gasteiger partial charge is 0.293 e. The largest absolute Gasteiger partial charge is 0.468 e. The molecular weight excluding hydrogens is 146 g/mol. The second-order valence-corrected chi connectivity index (χ2v) is 2.58. The van der Waals surface area contributed by atoms with Gasteiger partial charge in [0.15, 0.2) is 0 Å². The van der Waals surface area contributed by atoms with Crippen LogP contribution in [0.5, 0.6) is 0 Å². The van der Waals surface area contributed by atoms with Crippen molar-refractivity contribution >= 4 is 12.3 Å². The molecule has 1 unspecified atom stereocenters. The van der Waals surface area contributed by atoms with E-state index in [9.17, 15) is 9.59 Å². The van der Waals surface area contributed by atoms with Gasteiger partial charge in [-0.3, -0.25) is 9.59 Å². The van der Waals surface area contributed by atoms with Crippen LogP contribution in [-0.4, -0.2) is 18.9 Å². The molecule has 0 heterocycles. The van der Waals surface area contributed by atoms with Gasteiger partial charge < -0.3 is 10.9 Å². The van der Waals surface area contributed by atoms with Crippen LogP contribution in [0.1, 0.15) is 19.3 Å². The van der Waals surface area contributed by atoms with Gasteiger partial charge in [0.2, 0.25) is 0 Å². The first-order valence-electron chi connectivity index (χ1n) is 3.40. The molecule has 0 radical (unpaired) electrons. The number of hydrogen-bond donors (Lipinski definition) is 1. The minimum Gasteiger partial charge on any atom is -0.468 e. The average Bonchev–Trinajstić information content (AvgIpc) is 2.31. The van der Waals surface area contributed by atoms with Crippen LogP contribution in [0.4, 0.5) is 0 Å².